The standard InChI is InChI=1S/C25H24F3N3O2/c1-15-2-4-17(5-3-15)23-18(8-11-22(32)30-20-12-13-29-24(20)33)14-21(31-23)16-6-9-19(10-7-16)25(26,27)28/h2-7,9-10,14,20,31H,8,11-13H2,1H3,(H,29,33)(H,30,32)/t20-/m0/s1. The number of hydrogen-bond donors (Lipinski definition) is 3. The second-order valence-electron chi connectivity index (χ2n) is 8.22. The van der Waals surface area contributed by atoms with Crippen molar-refractivity contribution >= 4 is 11.8 Å². The fourth-order valence-corrected chi connectivity index (χ4v) is 3.91. The number of carbonyl (C=O) groups excluding carboxylic acids is 2. The molecule has 3 aromatic rings. The molecule has 5 nitrogen and oxygen atoms in total. The van der Waals surface area contributed by atoms with Crippen molar-refractivity contribution in [3.8, 4) is 22.5 Å². The number of hydrogen-bond acceptors (Lipinski definition) is 2. The highest BCUT2D eigenvalue weighted by atomic mass is 19.4. The molecule has 0 saturated carbocycles. The smallest absolute Gasteiger partial charge is 0.354 e. The van der Waals surface area contributed by atoms with Gasteiger partial charge in [0, 0.05) is 24.4 Å². The van der Waals surface area contributed by atoms with Crippen molar-refractivity contribution < 1.29 is 22.8 Å². The summed E-state index contributed by atoms with van der Waals surface area (Å²) >= 11 is 0. The van der Waals surface area contributed by atoms with Gasteiger partial charge >= 0.3 is 6.18 Å². The number of carbonyl (C=O) groups is 2. The lowest BCUT2D eigenvalue weighted by Gasteiger charge is -2.10. The summed E-state index contributed by atoms with van der Waals surface area (Å²) in [5.74, 6) is -0.390. The van der Waals surface area contributed by atoms with Crippen molar-refractivity contribution in [3.05, 3.63) is 71.3 Å². The molecule has 0 aliphatic carbocycles. The third-order valence-electron chi connectivity index (χ3n) is 5.77. The van der Waals surface area contributed by atoms with Crippen LogP contribution >= 0.6 is 0 Å². The van der Waals surface area contributed by atoms with Crippen LogP contribution in [0.25, 0.3) is 22.5 Å². The molecule has 0 unspecified atom stereocenters. The van der Waals surface area contributed by atoms with Crippen LogP contribution in [0.1, 0.15) is 29.5 Å². The molecule has 3 N–H and O–H groups in total. The van der Waals surface area contributed by atoms with E-state index in [0.717, 1.165) is 34.5 Å². The Kier molecular flexibility index (Phi) is 6.26. The molecule has 2 amide bonds. The molecule has 1 atom stereocenters. The Morgan fingerprint density at radius 2 is 1.73 bits per heavy atom. The van der Waals surface area contributed by atoms with Gasteiger partial charge in [-0.1, -0.05) is 42.0 Å². The van der Waals surface area contributed by atoms with E-state index in [2.05, 4.69) is 15.6 Å². The Labute approximate surface area is 189 Å². The third kappa shape index (κ3) is 5.27. The highest BCUT2D eigenvalue weighted by Crippen LogP contribution is 2.33. The first-order chi connectivity index (χ1) is 15.7. The van der Waals surface area contributed by atoms with E-state index in [-0.39, 0.29) is 18.2 Å². The number of rotatable bonds is 6. The van der Waals surface area contributed by atoms with Gasteiger partial charge in [0.2, 0.25) is 11.8 Å². The Morgan fingerprint density at radius 1 is 1.06 bits per heavy atom. The zero-order valence-corrected chi connectivity index (χ0v) is 18.1. The molecular weight excluding hydrogens is 431 g/mol. The van der Waals surface area contributed by atoms with Crippen LogP contribution in [0.4, 0.5) is 13.2 Å². The molecule has 2 aromatic carbocycles. The van der Waals surface area contributed by atoms with Crippen LogP contribution in [0, 0.1) is 6.92 Å². The average molecular weight is 455 g/mol. The number of nitrogens with one attached hydrogen (secondary N) is 3. The fourth-order valence-electron chi connectivity index (χ4n) is 3.91. The van der Waals surface area contributed by atoms with Gasteiger partial charge in [-0.15, -0.1) is 0 Å². The van der Waals surface area contributed by atoms with Crippen molar-refractivity contribution in [3.63, 3.8) is 0 Å². The maximum Gasteiger partial charge on any atom is 0.416 e. The summed E-state index contributed by atoms with van der Waals surface area (Å²) in [6.07, 6.45) is -3.22. The molecule has 1 aromatic heterocycles. The van der Waals surface area contributed by atoms with E-state index in [0.29, 0.717) is 30.6 Å². The summed E-state index contributed by atoms with van der Waals surface area (Å²) < 4.78 is 38.8. The molecule has 33 heavy (non-hydrogen) atoms. The van der Waals surface area contributed by atoms with E-state index in [1.165, 1.54) is 12.1 Å². The highest BCUT2D eigenvalue weighted by molar-refractivity contribution is 5.89. The molecule has 0 bridgehead atoms. The molecule has 172 valence electrons. The molecule has 1 fully saturated rings. The van der Waals surface area contributed by atoms with Gasteiger partial charge in [0.15, 0.2) is 0 Å². The van der Waals surface area contributed by atoms with Crippen molar-refractivity contribution in [1.29, 1.82) is 0 Å². The molecule has 2 heterocycles. The number of H-pyrrole nitrogens is 1. The normalized spacial score (nSPS) is 16.0. The maximum atomic E-state index is 12.9. The van der Waals surface area contributed by atoms with Gasteiger partial charge < -0.3 is 15.6 Å². The summed E-state index contributed by atoms with van der Waals surface area (Å²) in [6.45, 7) is 2.53. The topological polar surface area (TPSA) is 74.0 Å². The number of aromatic nitrogens is 1. The predicted octanol–water partition coefficient (Wildman–Crippen LogP) is 4.61. The van der Waals surface area contributed by atoms with Gasteiger partial charge in [0.1, 0.15) is 6.04 Å². The summed E-state index contributed by atoms with van der Waals surface area (Å²) in [6, 6.07) is 14.2. The minimum Gasteiger partial charge on any atom is -0.354 e. The first kappa shape index (κ1) is 22.6. The van der Waals surface area contributed by atoms with Gasteiger partial charge in [-0.2, -0.15) is 13.2 Å². The van der Waals surface area contributed by atoms with Gasteiger partial charge in [-0.25, -0.2) is 0 Å². The van der Waals surface area contributed by atoms with Crippen LogP contribution < -0.4 is 10.6 Å². The summed E-state index contributed by atoms with van der Waals surface area (Å²) in [5, 5.41) is 5.45. The van der Waals surface area contributed by atoms with Crippen LogP contribution in [0.5, 0.6) is 0 Å². The summed E-state index contributed by atoms with van der Waals surface area (Å²) in [4.78, 5) is 27.4. The Bertz CT molecular complexity index is 1150. The average Bonchev–Trinajstić information content (AvgIpc) is 3.39. The van der Waals surface area contributed by atoms with Crippen LogP contribution in [-0.2, 0) is 22.2 Å². The number of aryl methyl sites for hydroxylation is 2. The van der Waals surface area contributed by atoms with E-state index >= 15 is 0 Å². The van der Waals surface area contributed by atoms with Gasteiger partial charge in [-0.05, 0) is 54.7 Å². The van der Waals surface area contributed by atoms with E-state index in [4.69, 9.17) is 0 Å². The Morgan fingerprint density at radius 3 is 2.33 bits per heavy atom. The molecule has 4 rings (SSSR count). The lowest BCUT2D eigenvalue weighted by molar-refractivity contribution is -0.137. The minimum atomic E-state index is -4.39. The summed E-state index contributed by atoms with van der Waals surface area (Å²) in [5.41, 5.74) is 4.30. The quantitative estimate of drug-likeness (QED) is 0.508. The maximum absolute atomic E-state index is 12.9. The summed E-state index contributed by atoms with van der Waals surface area (Å²) in [7, 11) is 0. The zero-order chi connectivity index (χ0) is 23.6. The lowest BCUT2D eigenvalue weighted by atomic mass is 10.0. The molecule has 1 aliphatic heterocycles. The molecule has 0 radical (unpaired) electrons. The van der Waals surface area contributed by atoms with Gasteiger partial charge in [0.25, 0.3) is 0 Å². The second kappa shape index (κ2) is 9.13. The van der Waals surface area contributed by atoms with Crippen molar-refractivity contribution in [1.82, 2.24) is 15.6 Å². The largest absolute Gasteiger partial charge is 0.416 e. The Balaban J connectivity index is 1.58. The number of benzene rings is 2. The lowest BCUT2D eigenvalue weighted by Crippen LogP contribution is -2.40. The van der Waals surface area contributed by atoms with Crippen LogP contribution in [-0.4, -0.2) is 29.4 Å². The highest BCUT2D eigenvalue weighted by Gasteiger charge is 2.30. The van der Waals surface area contributed by atoms with E-state index < -0.39 is 17.8 Å². The molecular formula is C25H24F3N3O2. The number of alkyl halides is 3. The number of amides is 2. The predicted molar refractivity (Wildman–Crippen MR) is 119 cm³/mol. The van der Waals surface area contributed by atoms with Crippen molar-refractivity contribution in [2.24, 2.45) is 0 Å². The fraction of sp³-hybridized carbons (Fsp3) is 0.280. The van der Waals surface area contributed by atoms with Gasteiger partial charge in [0.05, 0.1) is 5.56 Å². The van der Waals surface area contributed by atoms with Crippen LogP contribution in [0.15, 0.2) is 54.6 Å². The van der Waals surface area contributed by atoms with Crippen molar-refractivity contribution in [2.75, 3.05) is 6.54 Å². The molecule has 1 aliphatic rings. The van der Waals surface area contributed by atoms with Gasteiger partial charge in [-0.3, -0.25) is 9.59 Å². The second-order valence-corrected chi connectivity index (χ2v) is 8.22. The number of aromatic amines is 1. The van der Waals surface area contributed by atoms with E-state index in [1.54, 1.807) is 0 Å². The first-order valence-corrected chi connectivity index (χ1v) is 10.7. The van der Waals surface area contributed by atoms with E-state index in [1.807, 2.05) is 37.3 Å². The minimum absolute atomic E-state index is 0.171. The monoisotopic (exact) mass is 455 g/mol. The van der Waals surface area contributed by atoms with E-state index in [9.17, 15) is 22.8 Å². The molecule has 0 spiro atoms. The molecule has 8 heteroatoms. The zero-order valence-electron chi connectivity index (χ0n) is 18.1. The number of halogens is 3. The SMILES string of the molecule is Cc1ccc(-c2[nH]c(-c3ccc(C(F)(F)F)cc3)cc2CCC(=O)N[C@H]2CCNC2=O)cc1. The van der Waals surface area contributed by atoms with Crippen LogP contribution in [0.2, 0.25) is 0 Å². The molecule has 1 saturated heterocycles. The van der Waals surface area contributed by atoms with Crippen molar-refractivity contribution in [2.45, 2.75) is 38.4 Å². The first-order valence-electron chi connectivity index (χ1n) is 10.7. The Hall–Kier alpha value is -3.55. The van der Waals surface area contributed by atoms with Crippen LogP contribution in [0.3, 0.4) is 0 Å². The third-order valence-corrected chi connectivity index (χ3v) is 5.77.